The molecule has 1 aliphatic rings. The van der Waals surface area contributed by atoms with Crippen molar-refractivity contribution in [3.05, 3.63) is 94.1 Å². The first kappa shape index (κ1) is 43.3. The molecule has 0 spiro atoms. The summed E-state index contributed by atoms with van der Waals surface area (Å²) in [5.41, 5.74) is 11.7. The standard InChI is InChI=1S/C27H41N2O2Si.C10H12O.2ClH.O2Si.Ru/c1-19-13-21(3)26(22(4)14-19)28-17-25(11-10-12-32(9,30-7)31-8)29(18-28)27-23(5)15-20(2)16-24(27)6;1-8(2)11-10-7-5-4-6-9(10)3;;;1-3-2;/h13-16,18,25H,10-12,17H2,1-9H3;3-8H,1-2H3;2*1H;;/q-1;;;;;+2/p-2. The number of hydrogen-bond acceptors (Lipinski definition) is 7. The predicted octanol–water partition coefficient (Wildman–Crippen LogP) is 9.43. The molecule has 49 heavy (non-hydrogen) atoms. The van der Waals surface area contributed by atoms with Crippen LogP contribution in [0.2, 0.25) is 12.6 Å². The van der Waals surface area contributed by atoms with E-state index >= 15 is 0 Å². The molecule has 0 N–H and O–H groups in total. The van der Waals surface area contributed by atoms with E-state index in [0.717, 1.165) is 36.7 Å². The van der Waals surface area contributed by atoms with Crippen LogP contribution in [0, 0.1) is 48.2 Å². The van der Waals surface area contributed by atoms with Gasteiger partial charge in [0.2, 0.25) is 0 Å². The van der Waals surface area contributed by atoms with Gasteiger partial charge in [-0.1, -0.05) is 35.4 Å². The van der Waals surface area contributed by atoms with Crippen LogP contribution in [-0.4, -0.2) is 55.4 Å². The number of ether oxygens (including phenoxy) is 1. The maximum atomic E-state index is 8.40. The largest absolute Gasteiger partial charge is 0.549 e. The smallest absolute Gasteiger partial charge is 0.501 e. The van der Waals surface area contributed by atoms with Gasteiger partial charge in [-0.3, -0.25) is 8.92 Å². The van der Waals surface area contributed by atoms with Crippen molar-refractivity contribution < 1.29 is 36.0 Å². The molecule has 3 aromatic rings. The summed E-state index contributed by atoms with van der Waals surface area (Å²) < 4.78 is 35.8. The predicted molar refractivity (Wildman–Crippen MR) is 205 cm³/mol. The molecular weight excluding hydrogens is 781 g/mol. The number of halogens is 2. The van der Waals surface area contributed by atoms with Crippen LogP contribution in [0.1, 0.15) is 65.6 Å². The molecule has 0 aromatic heterocycles. The average molecular weight is 834 g/mol. The minimum atomic E-state index is -2.05. The van der Waals surface area contributed by atoms with Gasteiger partial charge in [0, 0.05) is 38.2 Å². The van der Waals surface area contributed by atoms with Gasteiger partial charge in [-0.15, -0.1) is 0 Å². The molecule has 0 aliphatic carbocycles. The molecule has 7 nitrogen and oxygen atoms in total. The topological polar surface area (TPSA) is 68.3 Å². The number of aryl methyl sites for hydroxylation is 6. The summed E-state index contributed by atoms with van der Waals surface area (Å²) in [6.07, 6.45) is 2.37. The van der Waals surface area contributed by atoms with Gasteiger partial charge in [-0.05, 0) is 89.2 Å². The van der Waals surface area contributed by atoms with Crippen molar-refractivity contribution in [2.75, 3.05) is 30.6 Å². The molecule has 272 valence electrons. The van der Waals surface area contributed by atoms with Crippen molar-refractivity contribution in [1.29, 1.82) is 0 Å². The van der Waals surface area contributed by atoms with Gasteiger partial charge >= 0.3 is 116 Å². The maximum Gasteiger partial charge on any atom is 0.549 e. The summed E-state index contributed by atoms with van der Waals surface area (Å²) in [5.74, 6) is 0.850. The van der Waals surface area contributed by atoms with Crippen LogP contribution in [0.25, 0.3) is 0 Å². The van der Waals surface area contributed by atoms with Gasteiger partial charge in [-0.2, -0.15) is 6.67 Å². The van der Waals surface area contributed by atoms with Crippen molar-refractivity contribution in [3.8, 4) is 5.75 Å². The van der Waals surface area contributed by atoms with E-state index in [-0.39, 0.29) is 6.10 Å². The van der Waals surface area contributed by atoms with E-state index in [2.05, 4.69) is 88.8 Å². The van der Waals surface area contributed by atoms with E-state index in [9.17, 15) is 0 Å². The summed E-state index contributed by atoms with van der Waals surface area (Å²) in [7, 11) is 11.7. The normalized spacial score (nSPS) is 14.4. The molecule has 0 saturated carbocycles. The zero-order valence-electron chi connectivity index (χ0n) is 30.8. The van der Waals surface area contributed by atoms with Crippen LogP contribution in [0.5, 0.6) is 5.75 Å². The van der Waals surface area contributed by atoms with Crippen molar-refractivity contribution in [1.82, 2.24) is 0 Å². The molecule has 1 fully saturated rings. The number of benzene rings is 3. The Kier molecular flexibility index (Phi) is 18.4. The number of anilines is 2. The minimum absolute atomic E-state index is 0.163. The van der Waals surface area contributed by atoms with E-state index in [0.29, 0.717) is 6.04 Å². The third-order valence-corrected chi connectivity index (χ3v) is 13.2. The molecule has 12 heteroatoms. The zero-order chi connectivity index (χ0) is 36.9. The molecule has 4 rings (SSSR count). The molecule has 0 radical (unpaired) electrons. The third-order valence-electron chi connectivity index (χ3n) is 8.38. The van der Waals surface area contributed by atoms with Crippen LogP contribution in [0.15, 0.2) is 48.5 Å². The first-order valence-corrected chi connectivity index (χ1v) is 25.2. The summed E-state index contributed by atoms with van der Waals surface area (Å²) in [6.45, 7) is 22.8. The van der Waals surface area contributed by atoms with Crippen LogP contribution in [-0.2, 0) is 31.3 Å². The van der Waals surface area contributed by atoms with E-state index in [1.165, 1.54) is 44.8 Å². The summed E-state index contributed by atoms with van der Waals surface area (Å²) in [4.78, 5) is 5.00. The summed E-state index contributed by atoms with van der Waals surface area (Å²) >= 11 is -1.77. The molecule has 1 heterocycles. The second kappa shape index (κ2) is 20.8. The van der Waals surface area contributed by atoms with Crippen molar-refractivity contribution in [2.45, 2.75) is 93.0 Å². The number of nitrogens with zero attached hydrogens (tertiary/aromatic N) is 2. The Morgan fingerprint density at radius 2 is 1.41 bits per heavy atom. The van der Waals surface area contributed by atoms with Crippen LogP contribution < -0.4 is 14.5 Å². The molecule has 1 atom stereocenters. The monoisotopic (exact) mass is 833 g/mol. The van der Waals surface area contributed by atoms with Gasteiger partial charge in [0.25, 0.3) is 0 Å². The first-order chi connectivity index (χ1) is 23.1. The van der Waals surface area contributed by atoms with E-state index in [1.54, 1.807) is 14.2 Å². The summed E-state index contributed by atoms with van der Waals surface area (Å²) in [6, 6.07) is 18.4. The number of hydrogen-bond donors (Lipinski definition) is 0. The minimum Gasteiger partial charge on any atom is -0.501 e. The summed E-state index contributed by atoms with van der Waals surface area (Å²) in [5, 5.41) is 0. The Balaban J connectivity index is 0.000000407. The fourth-order valence-corrected chi connectivity index (χ4v) is 9.61. The quantitative estimate of drug-likeness (QED) is 0.141. The first-order valence-electron chi connectivity index (χ1n) is 16.3. The van der Waals surface area contributed by atoms with Gasteiger partial charge < -0.3 is 18.7 Å². The van der Waals surface area contributed by atoms with Crippen LogP contribution in [0.3, 0.4) is 0 Å². The maximum absolute atomic E-state index is 8.40. The Bertz CT molecular complexity index is 1550. The average Bonchev–Trinajstić information content (AvgIpc) is 3.39. The van der Waals surface area contributed by atoms with Crippen molar-refractivity contribution in [3.63, 3.8) is 0 Å². The third kappa shape index (κ3) is 13.3. The van der Waals surface area contributed by atoms with Gasteiger partial charge in [0.1, 0.15) is 0 Å². The molecule has 0 bridgehead atoms. The van der Waals surface area contributed by atoms with Crippen molar-refractivity contribution in [2.24, 2.45) is 0 Å². The van der Waals surface area contributed by atoms with E-state index < -0.39 is 31.4 Å². The second-order valence-electron chi connectivity index (χ2n) is 12.9. The van der Waals surface area contributed by atoms with Gasteiger partial charge in [0.15, 0.2) is 0 Å². The fraction of sp³-hybridized carbons (Fsp3) is 0.459. The molecule has 0 amide bonds. The Hall–Kier alpha value is -1.91. The Morgan fingerprint density at radius 1 is 0.918 bits per heavy atom. The zero-order valence-corrected chi connectivity index (χ0v) is 36.1. The molecule has 1 unspecified atom stereocenters. The van der Waals surface area contributed by atoms with Crippen LogP contribution >= 0.6 is 19.4 Å². The Morgan fingerprint density at radius 3 is 1.88 bits per heavy atom. The molecule has 1 aliphatic heterocycles. The van der Waals surface area contributed by atoms with Gasteiger partial charge in [-0.25, -0.2) is 0 Å². The van der Waals surface area contributed by atoms with E-state index in [1.807, 2.05) is 42.7 Å². The molecular formula is C37H53Cl2N2O5RuSi2-. The van der Waals surface area contributed by atoms with Crippen molar-refractivity contribution >= 4 is 53.2 Å². The fourth-order valence-electron chi connectivity index (χ4n) is 6.39. The Labute approximate surface area is 310 Å². The second-order valence-corrected chi connectivity index (χ2v) is 22.3. The van der Waals surface area contributed by atoms with Crippen LogP contribution in [0.4, 0.5) is 11.4 Å². The number of para-hydroxylation sites is 1. The number of rotatable bonds is 11. The van der Waals surface area contributed by atoms with Gasteiger partial charge in [0.05, 0.1) is 0 Å². The SMILES string of the molecule is CC(C)Oc1ccccc1[CH]=[Ru]([Cl])[Cl].CO[Si](C)(CCCC1CN(c2c(C)cc(C)cc2C)[CH-]N1c1c(C)cc(C)cc1C)OC.O=[Si]=O. The molecule has 1 saturated heterocycles. The van der Waals surface area contributed by atoms with E-state index in [4.69, 9.17) is 41.9 Å². The molecule has 3 aromatic carbocycles.